The molecule has 8 heteroatoms. The van der Waals surface area contributed by atoms with Crippen LogP contribution in [0, 0.1) is 6.92 Å². The van der Waals surface area contributed by atoms with Crippen molar-refractivity contribution in [3.63, 3.8) is 0 Å². The number of hydrogen-bond donors (Lipinski definition) is 0. The summed E-state index contributed by atoms with van der Waals surface area (Å²) < 4.78 is 14.4. The van der Waals surface area contributed by atoms with Crippen LogP contribution >= 0.6 is 23.4 Å². The van der Waals surface area contributed by atoms with Gasteiger partial charge in [0.1, 0.15) is 18.9 Å². The zero-order valence-electron chi connectivity index (χ0n) is 14.9. The number of rotatable bonds is 5. The van der Waals surface area contributed by atoms with E-state index in [0.29, 0.717) is 23.8 Å². The van der Waals surface area contributed by atoms with Crippen LogP contribution in [0.25, 0.3) is 0 Å². The van der Waals surface area contributed by atoms with Crippen LogP contribution in [0.4, 0.5) is 10.1 Å². The minimum Gasteiger partial charge on any atom is -0.368 e. The number of amides is 1. The highest BCUT2D eigenvalue weighted by Gasteiger charge is 2.23. The topological polar surface area (TPSA) is 41.4 Å². The van der Waals surface area contributed by atoms with E-state index in [1.54, 1.807) is 18.7 Å². The number of benzene rings is 1. The Labute approximate surface area is 162 Å². The molecule has 1 aromatic carbocycles. The molecule has 1 aliphatic heterocycles. The highest BCUT2D eigenvalue weighted by molar-refractivity contribution is 7.98. The van der Waals surface area contributed by atoms with Crippen molar-refractivity contribution in [2.24, 2.45) is 0 Å². The number of carbonyl (C=O) groups is 1. The molecule has 0 bridgehead atoms. The van der Waals surface area contributed by atoms with Gasteiger partial charge in [-0.05, 0) is 31.4 Å². The third kappa shape index (κ3) is 3.99. The van der Waals surface area contributed by atoms with Gasteiger partial charge in [0.15, 0.2) is 0 Å². The number of hydrogen-bond acceptors (Lipinski definition) is 4. The second-order valence-corrected chi connectivity index (χ2v) is 7.46. The molecule has 1 amide bonds. The van der Waals surface area contributed by atoms with Gasteiger partial charge in [-0.15, -0.1) is 11.8 Å². The van der Waals surface area contributed by atoms with E-state index in [4.69, 9.17) is 11.6 Å². The Morgan fingerprint density at radius 3 is 2.65 bits per heavy atom. The van der Waals surface area contributed by atoms with Gasteiger partial charge in [0, 0.05) is 36.8 Å². The number of nitrogens with zero attached hydrogens (tertiary/aromatic N) is 4. The number of piperazine rings is 1. The van der Waals surface area contributed by atoms with Gasteiger partial charge in [-0.3, -0.25) is 9.48 Å². The molecule has 0 radical (unpaired) electrons. The van der Waals surface area contributed by atoms with E-state index in [1.807, 2.05) is 4.90 Å². The summed E-state index contributed by atoms with van der Waals surface area (Å²) in [4.78, 5) is 17.9. The summed E-state index contributed by atoms with van der Waals surface area (Å²) in [5, 5.41) is 4.40. The second kappa shape index (κ2) is 8.31. The molecule has 1 saturated heterocycles. The summed E-state index contributed by atoms with van der Waals surface area (Å²) in [6.07, 6.45) is 2.06. The molecule has 2 heterocycles. The van der Waals surface area contributed by atoms with Gasteiger partial charge in [-0.2, -0.15) is 5.10 Å². The Bertz CT molecular complexity index is 789. The molecular weight excluding hydrogens is 375 g/mol. The molecule has 0 unspecified atom stereocenters. The van der Waals surface area contributed by atoms with E-state index in [1.165, 1.54) is 15.3 Å². The van der Waals surface area contributed by atoms with E-state index < -0.39 is 6.67 Å². The molecule has 1 aliphatic rings. The third-order valence-electron chi connectivity index (χ3n) is 4.66. The third-order valence-corrected chi connectivity index (χ3v) is 5.88. The molecule has 3 rings (SSSR count). The van der Waals surface area contributed by atoms with E-state index in [0.717, 1.165) is 13.1 Å². The van der Waals surface area contributed by atoms with Crippen molar-refractivity contribution in [3.8, 4) is 0 Å². The Balaban J connectivity index is 1.60. The first-order valence-corrected chi connectivity index (χ1v) is 10.1. The lowest BCUT2D eigenvalue weighted by molar-refractivity contribution is -0.132. The average Bonchev–Trinajstić information content (AvgIpc) is 2.96. The summed E-state index contributed by atoms with van der Waals surface area (Å²) >= 11 is 7.76. The van der Waals surface area contributed by atoms with Gasteiger partial charge >= 0.3 is 0 Å². The Morgan fingerprint density at radius 1 is 1.31 bits per heavy atom. The summed E-state index contributed by atoms with van der Waals surface area (Å²) in [7, 11) is 0. The van der Waals surface area contributed by atoms with Gasteiger partial charge in [0.25, 0.3) is 0 Å². The fourth-order valence-electron chi connectivity index (χ4n) is 3.08. The van der Waals surface area contributed by atoms with Crippen molar-refractivity contribution in [3.05, 3.63) is 40.7 Å². The quantitative estimate of drug-likeness (QED) is 0.726. The summed E-state index contributed by atoms with van der Waals surface area (Å²) in [6, 6.07) is 8.43. The van der Waals surface area contributed by atoms with Crippen molar-refractivity contribution in [2.75, 3.05) is 37.3 Å². The number of alkyl halides is 1. The Kier molecular flexibility index (Phi) is 6.09. The average molecular weight is 397 g/mol. The van der Waals surface area contributed by atoms with Crippen LogP contribution in [0.15, 0.2) is 29.2 Å². The monoisotopic (exact) mass is 396 g/mol. The van der Waals surface area contributed by atoms with Gasteiger partial charge in [0.05, 0.1) is 10.7 Å². The van der Waals surface area contributed by atoms with Crippen molar-refractivity contribution >= 4 is 35.0 Å². The molecule has 0 saturated carbocycles. The lowest BCUT2D eigenvalue weighted by Crippen LogP contribution is -2.49. The maximum atomic E-state index is 12.9. The SMILES string of the molecule is CSc1cccc(N2CCN(C(=O)Cn3nc(CF)c(Cl)c3C)CC2)c1. The molecule has 0 aliphatic carbocycles. The van der Waals surface area contributed by atoms with Crippen molar-refractivity contribution in [1.29, 1.82) is 0 Å². The fraction of sp³-hybridized carbons (Fsp3) is 0.444. The number of carbonyl (C=O) groups excluding carboxylic acids is 1. The molecule has 26 heavy (non-hydrogen) atoms. The number of aromatic nitrogens is 2. The van der Waals surface area contributed by atoms with Crippen molar-refractivity contribution < 1.29 is 9.18 Å². The molecule has 1 aromatic heterocycles. The van der Waals surface area contributed by atoms with Gasteiger partial charge in [0.2, 0.25) is 5.91 Å². The Hall–Kier alpha value is -1.73. The first-order chi connectivity index (χ1) is 12.5. The predicted octanol–water partition coefficient (Wildman–Crippen LogP) is 3.39. The second-order valence-electron chi connectivity index (χ2n) is 6.21. The fourth-order valence-corrected chi connectivity index (χ4v) is 3.71. The number of halogens is 2. The van der Waals surface area contributed by atoms with Crippen LogP contribution in [-0.4, -0.2) is 53.0 Å². The molecule has 0 spiro atoms. The van der Waals surface area contributed by atoms with Crippen LogP contribution in [-0.2, 0) is 18.0 Å². The smallest absolute Gasteiger partial charge is 0.244 e. The molecule has 0 N–H and O–H groups in total. The molecule has 5 nitrogen and oxygen atoms in total. The summed E-state index contributed by atoms with van der Waals surface area (Å²) in [5.74, 6) is -0.0183. The highest BCUT2D eigenvalue weighted by atomic mass is 35.5. The minimum atomic E-state index is -0.728. The van der Waals surface area contributed by atoms with Gasteiger partial charge in [-0.25, -0.2) is 4.39 Å². The van der Waals surface area contributed by atoms with Crippen LogP contribution < -0.4 is 4.90 Å². The maximum absolute atomic E-state index is 12.9. The predicted molar refractivity (Wildman–Crippen MR) is 104 cm³/mol. The lowest BCUT2D eigenvalue weighted by Gasteiger charge is -2.36. The summed E-state index contributed by atoms with van der Waals surface area (Å²) in [5.41, 5.74) is 2.00. The van der Waals surface area contributed by atoms with E-state index in [9.17, 15) is 9.18 Å². The van der Waals surface area contributed by atoms with Gasteiger partial charge < -0.3 is 9.80 Å². The van der Waals surface area contributed by atoms with E-state index in [-0.39, 0.29) is 18.1 Å². The van der Waals surface area contributed by atoms with Crippen LogP contribution in [0.2, 0.25) is 5.02 Å². The Morgan fingerprint density at radius 2 is 2.04 bits per heavy atom. The number of thioether (sulfide) groups is 1. The summed E-state index contributed by atoms with van der Waals surface area (Å²) in [6.45, 7) is 4.01. The van der Waals surface area contributed by atoms with E-state index >= 15 is 0 Å². The van der Waals surface area contributed by atoms with Gasteiger partial charge in [-0.1, -0.05) is 17.7 Å². The highest BCUT2D eigenvalue weighted by Crippen LogP contribution is 2.24. The molecular formula is C18H22ClFN4OS. The van der Waals surface area contributed by atoms with E-state index in [2.05, 4.69) is 40.5 Å². The zero-order valence-corrected chi connectivity index (χ0v) is 16.5. The molecule has 0 atom stereocenters. The first-order valence-electron chi connectivity index (χ1n) is 8.48. The maximum Gasteiger partial charge on any atom is 0.244 e. The standard InChI is InChI=1S/C18H22ClFN4OS/c1-13-18(19)16(11-20)21-24(13)12-17(25)23-8-6-22(7-9-23)14-4-3-5-15(10-14)26-2/h3-5,10H,6-9,11-12H2,1-2H3. The lowest BCUT2D eigenvalue weighted by atomic mass is 10.2. The first kappa shape index (κ1) is 19.0. The van der Waals surface area contributed by atoms with Crippen LogP contribution in [0.1, 0.15) is 11.4 Å². The molecule has 140 valence electrons. The molecule has 2 aromatic rings. The van der Waals surface area contributed by atoms with Crippen molar-refractivity contribution in [2.45, 2.75) is 25.0 Å². The molecule has 1 fully saturated rings. The van der Waals surface area contributed by atoms with Crippen molar-refractivity contribution in [1.82, 2.24) is 14.7 Å². The normalized spacial score (nSPS) is 14.8. The van der Waals surface area contributed by atoms with Crippen LogP contribution in [0.5, 0.6) is 0 Å². The van der Waals surface area contributed by atoms with Crippen LogP contribution in [0.3, 0.4) is 0 Å². The zero-order chi connectivity index (χ0) is 18.7. The minimum absolute atomic E-state index is 0.0183. The largest absolute Gasteiger partial charge is 0.368 e. The number of anilines is 1.